The molecule has 0 amide bonds. The summed E-state index contributed by atoms with van der Waals surface area (Å²) in [6, 6.07) is 5.63. The summed E-state index contributed by atoms with van der Waals surface area (Å²) in [6.07, 6.45) is 1.37. The summed E-state index contributed by atoms with van der Waals surface area (Å²) in [5.41, 5.74) is 7.52. The average molecular weight is 265 g/mol. The molecule has 0 saturated carbocycles. The van der Waals surface area contributed by atoms with Crippen molar-refractivity contribution in [1.82, 2.24) is 9.97 Å². The Balaban J connectivity index is 2.34. The van der Waals surface area contributed by atoms with E-state index in [1.54, 1.807) is 0 Å². The molecule has 5 nitrogen and oxygen atoms in total. The summed E-state index contributed by atoms with van der Waals surface area (Å²) >= 11 is 6.06. The number of nitrogens with two attached hydrogens (primary N) is 1. The standard InChI is InChI=1S/C12H13ClN4O/c1-7-3-4-8(5-9(7)13)17-12-10(18-2)11(14)15-6-16-12/h3-6H,1-2H3,(H3,14,15,16,17). The third-order valence-electron chi connectivity index (χ3n) is 2.47. The van der Waals surface area contributed by atoms with Crippen molar-refractivity contribution in [3.05, 3.63) is 35.1 Å². The fraction of sp³-hybridized carbons (Fsp3) is 0.167. The SMILES string of the molecule is COc1c(N)ncnc1Nc1ccc(C)c(Cl)c1. The van der Waals surface area contributed by atoms with E-state index in [0.29, 0.717) is 16.6 Å². The fourth-order valence-corrected chi connectivity index (χ4v) is 1.67. The Kier molecular flexibility index (Phi) is 3.53. The number of nitrogens with one attached hydrogen (secondary N) is 1. The molecule has 0 radical (unpaired) electrons. The van der Waals surface area contributed by atoms with E-state index in [2.05, 4.69) is 15.3 Å². The van der Waals surface area contributed by atoms with E-state index in [9.17, 15) is 0 Å². The van der Waals surface area contributed by atoms with Crippen LogP contribution in [0.2, 0.25) is 5.02 Å². The molecule has 0 unspecified atom stereocenters. The largest absolute Gasteiger partial charge is 0.490 e. The van der Waals surface area contributed by atoms with Crippen molar-refractivity contribution in [1.29, 1.82) is 0 Å². The maximum Gasteiger partial charge on any atom is 0.204 e. The Bertz CT molecular complexity index is 574. The van der Waals surface area contributed by atoms with Gasteiger partial charge >= 0.3 is 0 Å². The van der Waals surface area contributed by atoms with Crippen molar-refractivity contribution in [3.8, 4) is 5.75 Å². The second-order valence-corrected chi connectivity index (χ2v) is 4.14. The minimum absolute atomic E-state index is 0.285. The molecule has 1 heterocycles. The highest BCUT2D eigenvalue weighted by molar-refractivity contribution is 6.31. The molecule has 0 spiro atoms. The molecule has 0 saturated heterocycles. The van der Waals surface area contributed by atoms with Crippen LogP contribution in [0.15, 0.2) is 24.5 Å². The first-order chi connectivity index (χ1) is 8.61. The van der Waals surface area contributed by atoms with Crippen molar-refractivity contribution in [2.45, 2.75) is 6.92 Å². The maximum atomic E-state index is 6.06. The summed E-state index contributed by atoms with van der Waals surface area (Å²) in [5.74, 6) is 1.20. The van der Waals surface area contributed by atoms with Crippen molar-refractivity contribution >= 4 is 28.9 Å². The van der Waals surface area contributed by atoms with Crippen LogP contribution in [-0.2, 0) is 0 Å². The van der Waals surface area contributed by atoms with Crippen LogP contribution >= 0.6 is 11.6 Å². The van der Waals surface area contributed by atoms with E-state index in [1.807, 2.05) is 25.1 Å². The highest BCUT2D eigenvalue weighted by Crippen LogP contribution is 2.30. The molecule has 1 aromatic heterocycles. The molecule has 94 valence electrons. The molecule has 18 heavy (non-hydrogen) atoms. The van der Waals surface area contributed by atoms with Crippen LogP contribution in [0.4, 0.5) is 17.3 Å². The third-order valence-corrected chi connectivity index (χ3v) is 2.88. The normalized spacial score (nSPS) is 10.2. The van der Waals surface area contributed by atoms with Gasteiger partial charge in [0.25, 0.3) is 0 Å². The minimum atomic E-state index is 0.285. The van der Waals surface area contributed by atoms with Crippen molar-refractivity contribution in [3.63, 3.8) is 0 Å². The Morgan fingerprint density at radius 2 is 2.11 bits per heavy atom. The lowest BCUT2D eigenvalue weighted by atomic mass is 10.2. The van der Waals surface area contributed by atoms with E-state index >= 15 is 0 Å². The summed E-state index contributed by atoms with van der Waals surface area (Å²) in [5, 5.41) is 3.77. The minimum Gasteiger partial charge on any atom is -0.490 e. The number of ether oxygens (including phenoxy) is 1. The Morgan fingerprint density at radius 1 is 1.33 bits per heavy atom. The van der Waals surface area contributed by atoms with Gasteiger partial charge in [-0.25, -0.2) is 9.97 Å². The predicted molar refractivity (Wildman–Crippen MR) is 72.5 cm³/mol. The number of nitrogens with zero attached hydrogens (tertiary/aromatic N) is 2. The monoisotopic (exact) mass is 264 g/mol. The summed E-state index contributed by atoms with van der Waals surface area (Å²) in [7, 11) is 1.52. The van der Waals surface area contributed by atoms with Crippen LogP contribution in [0.1, 0.15) is 5.56 Å². The lowest BCUT2D eigenvalue weighted by Crippen LogP contribution is -2.02. The van der Waals surface area contributed by atoms with Gasteiger partial charge in [0.15, 0.2) is 11.6 Å². The molecule has 0 aliphatic heterocycles. The van der Waals surface area contributed by atoms with Crippen molar-refractivity contribution < 1.29 is 4.74 Å². The van der Waals surface area contributed by atoms with Crippen LogP contribution in [0.3, 0.4) is 0 Å². The van der Waals surface area contributed by atoms with Gasteiger partial charge in [-0.3, -0.25) is 0 Å². The molecule has 2 rings (SSSR count). The zero-order valence-electron chi connectivity index (χ0n) is 10.1. The molecule has 0 bridgehead atoms. The van der Waals surface area contributed by atoms with Gasteiger partial charge < -0.3 is 15.8 Å². The lowest BCUT2D eigenvalue weighted by Gasteiger charge is -2.11. The molecular weight excluding hydrogens is 252 g/mol. The molecule has 0 fully saturated rings. The highest BCUT2D eigenvalue weighted by Gasteiger charge is 2.09. The average Bonchev–Trinajstić information content (AvgIpc) is 2.34. The van der Waals surface area contributed by atoms with Gasteiger partial charge in [0.2, 0.25) is 5.75 Å². The molecule has 3 N–H and O–H groups in total. The molecule has 0 aliphatic rings. The van der Waals surface area contributed by atoms with Gasteiger partial charge in [-0.1, -0.05) is 17.7 Å². The lowest BCUT2D eigenvalue weighted by molar-refractivity contribution is 0.415. The number of halogens is 1. The van der Waals surface area contributed by atoms with Crippen LogP contribution in [-0.4, -0.2) is 17.1 Å². The van der Waals surface area contributed by atoms with Crippen LogP contribution in [0.5, 0.6) is 5.75 Å². The summed E-state index contributed by atoms with van der Waals surface area (Å²) in [4.78, 5) is 7.95. The van der Waals surface area contributed by atoms with Gasteiger partial charge in [0, 0.05) is 10.7 Å². The van der Waals surface area contributed by atoms with E-state index in [-0.39, 0.29) is 5.82 Å². The van der Waals surface area contributed by atoms with E-state index in [4.69, 9.17) is 22.1 Å². The molecule has 0 aliphatic carbocycles. The zero-order chi connectivity index (χ0) is 13.1. The first-order valence-corrected chi connectivity index (χ1v) is 5.67. The molecule has 1 aromatic carbocycles. The van der Waals surface area contributed by atoms with Gasteiger partial charge in [-0.2, -0.15) is 0 Å². The van der Waals surface area contributed by atoms with E-state index < -0.39 is 0 Å². The Hall–Kier alpha value is -2.01. The highest BCUT2D eigenvalue weighted by atomic mass is 35.5. The number of benzene rings is 1. The smallest absolute Gasteiger partial charge is 0.204 e. The number of aryl methyl sites for hydroxylation is 1. The quantitative estimate of drug-likeness (QED) is 0.892. The number of nitrogen functional groups attached to an aromatic ring is 1. The molecule has 0 atom stereocenters. The number of aromatic nitrogens is 2. The van der Waals surface area contributed by atoms with E-state index in [1.165, 1.54) is 13.4 Å². The Labute approximate surface area is 110 Å². The fourth-order valence-electron chi connectivity index (χ4n) is 1.48. The first-order valence-electron chi connectivity index (χ1n) is 5.29. The second kappa shape index (κ2) is 5.10. The van der Waals surface area contributed by atoms with Crippen molar-refractivity contribution in [2.24, 2.45) is 0 Å². The predicted octanol–water partition coefficient (Wildman–Crippen LogP) is 2.77. The van der Waals surface area contributed by atoms with Gasteiger partial charge in [-0.05, 0) is 24.6 Å². The summed E-state index contributed by atoms with van der Waals surface area (Å²) in [6.45, 7) is 1.94. The van der Waals surface area contributed by atoms with Gasteiger partial charge in [0.05, 0.1) is 7.11 Å². The number of methoxy groups -OCH3 is 1. The third kappa shape index (κ3) is 2.46. The van der Waals surface area contributed by atoms with Crippen LogP contribution in [0.25, 0.3) is 0 Å². The number of anilines is 3. The van der Waals surface area contributed by atoms with Gasteiger partial charge in [-0.15, -0.1) is 0 Å². The zero-order valence-corrected chi connectivity index (χ0v) is 10.8. The number of rotatable bonds is 3. The molecular formula is C12H13ClN4O. The number of hydrogen-bond donors (Lipinski definition) is 2. The topological polar surface area (TPSA) is 73.1 Å². The van der Waals surface area contributed by atoms with E-state index in [0.717, 1.165) is 11.3 Å². The molecule has 2 aromatic rings. The Morgan fingerprint density at radius 3 is 2.78 bits per heavy atom. The van der Waals surface area contributed by atoms with Crippen LogP contribution in [0, 0.1) is 6.92 Å². The second-order valence-electron chi connectivity index (χ2n) is 3.73. The molecule has 6 heteroatoms. The first kappa shape index (κ1) is 12.4. The van der Waals surface area contributed by atoms with Crippen molar-refractivity contribution in [2.75, 3.05) is 18.2 Å². The number of hydrogen-bond acceptors (Lipinski definition) is 5. The van der Waals surface area contributed by atoms with Crippen LogP contribution < -0.4 is 15.8 Å². The maximum absolute atomic E-state index is 6.06. The van der Waals surface area contributed by atoms with Gasteiger partial charge in [0.1, 0.15) is 6.33 Å². The summed E-state index contributed by atoms with van der Waals surface area (Å²) < 4.78 is 5.16.